The summed E-state index contributed by atoms with van der Waals surface area (Å²) in [4.78, 5) is 18.8. The van der Waals surface area contributed by atoms with Gasteiger partial charge >= 0.3 is 6.03 Å². The molecule has 0 aromatic rings. The van der Waals surface area contributed by atoms with Crippen molar-refractivity contribution < 1.29 is 9.53 Å². The van der Waals surface area contributed by atoms with E-state index in [1.54, 1.807) is 0 Å². The van der Waals surface area contributed by atoms with Crippen LogP contribution in [0.5, 0.6) is 0 Å². The third-order valence-corrected chi connectivity index (χ3v) is 4.48. The molecular weight excluding hydrogens is 266 g/mol. The van der Waals surface area contributed by atoms with Crippen LogP contribution in [0.25, 0.3) is 0 Å². The Kier molecular flexibility index (Phi) is 4.48. The number of hydrogen-bond donors (Lipinski definition) is 0. The molecule has 0 aromatic carbocycles. The zero-order valence-electron chi connectivity index (χ0n) is 12.8. The van der Waals surface area contributed by atoms with Gasteiger partial charge < -0.3 is 14.5 Å². The monoisotopic (exact) mass is 291 g/mol. The first-order valence-corrected chi connectivity index (χ1v) is 8.05. The summed E-state index contributed by atoms with van der Waals surface area (Å²) in [6.07, 6.45) is 10.1. The standard InChI is InChI=1S/C16H25N3O2/c1-14-5-6-15(17-7-3-2-4-8-17)13-19(14)16(20)18-9-11-21-12-10-18/h5-6,13-14H,2-4,7-12H2,1H3/t14-/m1/s1. The van der Waals surface area contributed by atoms with E-state index in [0.29, 0.717) is 26.3 Å². The molecule has 3 aliphatic rings. The van der Waals surface area contributed by atoms with E-state index in [0.717, 1.165) is 13.1 Å². The van der Waals surface area contributed by atoms with Crippen LogP contribution in [0, 0.1) is 0 Å². The van der Waals surface area contributed by atoms with Crippen LogP contribution in [0.4, 0.5) is 4.79 Å². The van der Waals surface area contributed by atoms with Gasteiger partial charge in [-0.15, -0.1) is 0 Å². The van der Waals surface area contributed by atoms with Gasteiger partial charge in [-0.2, -0.15) is 0 Å². The van der Waals surface area contributed by atoms with E-state index in [1.807, 2.05) is 16.0 Å². The van der Waals surface area contributed by atoms with Gasteiger partial charge in [-0.3, -0.25) is 4.90 Å². The van der Waals surface area contributed by atoms with Crippen molar-refractivity contribution in [2.24, 2.45) is 0 Å². The first kappa shape index (κ1) is 14.4. The fourth-order valence-electron chi connectivity index (χ4n) is 3.12. The smallest absolute Gasteiger partial charge is 0.324 e. The number of hydrogen-bond acceptors (Lipinski definition) is 3. The Morgan fingerprint density at radius 2 is 1.86 bits per heavy atom. The summed E-state index contributed by atoms with van der Waals surface area (Å²) < 4.78 is 5.33. The third-order valence-electron chi connectivity index (χ3n) is 4.48. The van der Waals surface area contributed by atoms with E-state index >= 15 is 0 Å². The molecule has 5 nitrogen and oxygen atoms in total. The minimum absolute atomic E-state index is 0.102. The highest BCUT2D eigenvalue weighted by Crippen LogP contribution is 2.22. The number of likely N-dealkylation sites (tertiary alicyclic amines) is 1. The minimum Gasteiger partial charge on any atom is -0.378 e. The number of allylic oxidation sites excluding steroid dienone is 1. The zero-order chi connectivity index (χ0) is 14.7. The maximum Gasteiger partial charge on any atom is 0.324 e. The fraction of sp³-hybridized carbons (Fsp3) is 0.688. The van der Waals surface area contributed by atoms with Gasteiger partial charge in [0.2, 0.25) is 0 Å². The third kappa shape index (κ3) is 3.23. The molecule has 21 heavy (non-hydrogen) atoms. The number of rotatable bonds is 1. The van der Waals surface area contributed by atoms with Crippen molar-refractivity contribution in [3.63, 3.8) is 0 Å². The maximum absolute atomic E-state index is 12.7. The van der Waals surface area contributed by atoms with E-state index in [1.165, 1.54) is 25.0 Å². The van der Waals surface area contributed by atoms with Crippen LogP contribution in [0.15, 0.2) is 24.0 Å². The molecule has 2 saturated heterocycles. The predicted molar refractivity (Wildman–Crippen MR) is 81.7 cm³/mol. The van der Waals surface area contributed by atoms with Crippen LogP contribution >= 0.6 is 0 Å². The molecule has 0 aromatic heterocycles. The Morgan fingerprint density at radius 1 is 1.14 bits per heavy atom. The van der Waals surface area contributed by atoms with Crippen molar-refractivity contribution in [1.29, 1.82) is 0 Å². The molecular formula is C16H25N3O2. The lowest BCUT2D eigenvalue weighted by Crippen LogP contribution is -2.49. The molecule has 0 spiro atoms. The quantitative estimate of drug-likeness (QED) is 0.741. The predicted octanol–water partition coefficient (Wildman–Crippen LogP) is 2.03. The Hall–Kier alpha value is -1.49. The molecule has 3 heterocycles. The summed E-state index contributed by atoms with van der Waals surface area (Å²) in [5.41, 5.74) is 1.18. The van der Waals surface area contributed by atoms with Gasteiger partial charge in [-0.05, 0) is 32.3 Å². The molecule has 0 radical (unpaired) electrons. The molecule has 3 rings (SSSR count). The number of amides is 2. The van der Waals surface area contributed by atoms with Crippen LogP contribution in [0.2, 0.25) is 0 Å². The average Bonchev–Trinajstić information content (AvgIpc) is 2.56. The number of carbonyl (C=O) groups is 1. The van der Waals surface area contributed by atoms with Gasteiger partial charge in [0.15, 0.2) is 0 Å². The number of urea groups is 1. The second-order valence-electron chi connectivity index (χ2n) is 5.99. The average molecular weight is 291 g/mol. The van der Waals surface area contributed by atoms with E-state index < -0.39 is 0 Å². The maximum atomic E-state index is 12.7. The number of piperidine rings is 1. The van der Waals surface area contributed by atoms with Gasteiger partial charge in [0, 0.05) is 32.4 Å². The van der Waals surface area contributed by atoms with Crippen LogP contribution in [-0.2, 0) is 4.74 Å². The van der Waals surface area contributed by atoms with Gasteiger partial charge in [0.25, 0.3) is 0 Å². The topological polar surface area (TPSA) is 36.0 Å². The summed E-state index contributed by atoms with van der Waals surface area (Å²) in [7, 11) is 0. The molecule has 2 fully saturated rings. The van der Waals surface area contributed by atoms with Crippen molar-refractivity contribution in [2.45, 2.75) is 32.2 Å². The summed E-state index contributed by atoms with van der Waals surface area (Å²) in [6.45, 7) is 6.95. The molecule has 0 unspecified atom stereocenters. The van der Waals surface area contributed by atoms with Crippen molar-refractivity contribution in [2.75, 3.05) is 39.4 Å². The Labute approximate surface area is 126 Å². The van der Waals surface area contributed by atoms with E-state index in [9.17, 15) is 4.79 Å². The van der Waals surface area contributed by atoms with E-state index in [2.05, 4.69) is 24.0 Å². The minimum atomic E-state index is 0.102. The van der Waals surface area contributed by atoms with E-state index in [4.69, 9.17) is 4.74 Å². The molecule has 5 heteroatoms. The fourth-order valence-corrected chi connectivity index (χ4v) is 3.12. The largest absolute Gasteiger partial charge is 0.378 e. The molecule has 116 valence electrons. The molecule has 2 amide bonds. The Balaban J connectivity index is 1.71. The van der Waals surface area contributed by atoms with Crippen LogP contribution in [0.1, 0.15) is 26.2 Å². The van der Waals surface area contributed by atoms with Crippen molar-refractivity contribution >= 4 is 6.03 Å². The van der Waals surface area contributed by atoms with Gasteiger partial charge in [-0.25, -0.2) is 4.79 Å². The normalized spacial score (nSPS) is 26.8. The van der Waals surface area contributed by atoms with Gasteiger partial charge in [0.05, 0.1) is 25.0 Å². The van der Waals surface area contributed by atoms with Crippen LogP contribution < -0.4 is 0 Å². The molecule has 1 atom stereocenters. The second-order valence-corrected chi connectivity index (χ2v) is 5.99. The first-order chi connectivity index (χ1) is 10.3. The Morgan fingerprint density at radius 3 is 2.57 bits per heavy atom. The summed E-state index contributed by atoms with van der Waals surface area (Å²) in [5, 5.41) is 0. The first-order valence-electron chi connectivity index (χ1n) is 8.05. The lowest BCUT2D eigenvalue weighted by Gasteiger charge is -2.37. The SMILES string of the molecule is C[C@@H]1C=CC(N2CCCCC2)=CN1C(=O)N1CCOCC1. The lowest BCUT2D eigenvalue weighted by atomic mass is 10.1. The highest BCUT2D eigenvalue weighted by molar-refractivity contribution is 5.76. The van der Waals surface area contributed by atoms with Crippen molar-refractivity contribution in [3.8, 4) is 0 Å². The highest BCUT2D eigenvalue weighted by Gasteiger charge is 2.27. The van der Waals surface area contributed by atoms with Gasteiger partial charge in [0.1, 0.15) is 0 Å². The zero-order valence-corrected chi connectivity index (χ0v) is 12.8. The number of nitrogens with zero attached hydrogens (tertiary/aromatic N) is 3. The van der Waals surface area contributed by atoms with Crippen LogP contribution in [0.3, 0.4) is 0 Å². The summed E-state index contributed by atoms with van der Waals surface area (Å²) >= 11 is 0. The summed E-state index contributed by atoms with van der Waals surface area (Å²) in [6, 6.07) is 0.221. The highest BCUT2D eigenvalue weighted by atomic mass is 16.5. The molecule has 0 N–H and O–H groups in total. The molecule has 0 aliphatic carbocycles. The second kappa shape index (κ2) is 6.52. The van der Waals surface area contributed by atoms with Crippen molar-refractivity contribution in [3.05, 3.63) is 24.0 Å². The van der Waals surface area contributed by atoms with Crippen molar-refractivity contribution in [1.82, 2.24) is 14.7 Å². The lowest BCUT2D eigenvalue weighted by molar-refractivity contribution is 0.0452. The van der Waals surface area contributed by atoms with Gasteiger partial charge in [-0.1, -0.05) is 6.08 Å². The number of morpholine rings is 1. The number of ether oxygens (including phenoxy) is 1. The van der Waals surface area contributed by atoms with E-state index in [-0.39, 0.29) is 12.1 Å². The molecule has 0 saturated carbocycles. The number of carbonyl (C=O) groups excluding carboxylic acids is 1. The van der Waals surface area contributed by atoms with Crippen LogP contribution in [-0.4, -0.2) is 66.2 Å². The molecule has 3 aliphatic heterocycles. The Bertz CT molecular complexity index is 435. The summed E-state index contributed by atoms with van der Waals surface area (Å²) in [5.74, 6) is 0. The molecule has 0 bridgehead atoms.